The van der Waals surface area contributed by atoms with Gasteiger partial charge in [-0.15, -0.1) is 0 Å². The molecule has 2 aromatic rings. The van der Waals surface area contributed by atoms with E-state index in [0.29, 0.717) is 16.6 Å². The lowest BCUT2D eigenvalue weighted by molar-refractivity contribution is 0.0696. The molecule has 1 N–H and O–H groups in total. The Morgan fingerprint density at radius 2 is 2.05 bits per heavy atom. The van der Waals surface area contributed by atoms with Gasteiger partial charge in [0.25, 0.3) is 0 Å². The molecule has 5 heteroatoms. The molecule has 0 aliphatic rings. The Labute approximate surface area is 128 Å². The molecule has 1 aromatic carbocycles. The highest BCUT2D eigenvalue weighted by Gasteiger charge is 2.12. The standard InChI is InChI=1S/C16H16ClNO3/c1-10(2)14-7-12(16(19)20)8-15(18-14)21-9-11-5-3-4-6-13(11)17/h3-8,10H,9H2,1-2H3,(H,19,20). The van der Waals surface area contributed by atoms with Gasteiger partial charge in [-0.3, -0.25) is 0 Å². The van der Waals surface area contributed by atoms with Gasteiger partial charge in [-0.05, 0) is 18.1 Å². The molecule has 1 aromatic heterocycles. The fourth-order valence-electron chi connectivity index (χ4n) is 1.79. The monoisotopic (exact) mass is 305 g/mol. The van der Waals surface area contributed by atoms with Gasteiger partial charge >= 0.3 is 5.97 Å². The van der Waals surface area contributed by atoms with Crippen LogP contribution in [0.1, 0.15) is 41.4 Å². The van der Waals surface area contributed by atoms with Crippen LogP contribution in [0.5, 0.6) is 5.88 Å². The largest absolute Gasteiger partial charge is 0.478 e. The topological polar surface area (TPSA) is 59.4 Å². The van der Waals surface area contributed by atoms with E-state index in [9.17, 15) is 4.79 Å². The van der Waals surface area contributed by atoms with Crippen molar-refractivity contribution in [3.63, 3.8) is 0 Å². The summed E-state index contributed by atoms with van der Waals surface area (Å²) in [4.78, 5) is 15.5. The molecule has 2 rings (SSSR count). The number of ether oxygens (including phenoxy) is 1. The van der Waals surface area contributed by atoms with E-state index in [0.717, 1.165) is 5.56 Å². The van der Waals surface area contributed by atoms with Gasteiger partial charge in [0.2, 0.25) is 5.88 Å². The first-order valence-corrected chi connectivity index (χ1v) is 6.96. The highest BCUT2D eigenvalue weighted by Crippen LogP contribution is 2.21. The summed E-state index contributed by atoms with van der Waals surface area (Å²) in [7, 11) is 0. The SMILES string of the molecule is CC(C)c1cc(C(=O)O)cc(OCc2ccccc2Cl)n1. The van der Waals surface area contributed by atoms with Gasteiger partial charge in [-0.25, -0.2) is 9.78 Å². The molecule has 0 saturated heterocycles. The van der Waals surface area contributed by atoms with E-state index in [1.54, 1.807) is 12.1 Å². The smallest absolute Gasteiger partial charge is 0.335 e. The number of carboxylic acid groups (broad SMARTS) is 1. The van der Waals surface area contributed by atoms with Gasteiger partial charge in [0.05, 0.1) is 5.56 Å². The average molecular weight is 306 g/mol. The molecule has 0 spiro atoms. The van der Waals surface area contributed by atoms with Crippen LogP contribution < -0.4 is 4.74 Å². The van der Waals surface area contributed by atoms with Gasteiger partial charge < -0.3 is 9.84 Å². The van der Waals surface area contributed by atoms with E-state index in [-0.39, 0.29) is 18.1 Å². The average Bonchev–Trinajstić information content (AvgIpc) is 2.46. The first-order chi connectivity index (χ1) is 9.97. The second kappa shape index (κ2) is 6.59. The van der Waals surface area contributed by atoms with E-state index < -0.39 is 5.97 Å². The molecule has 21 heavy (non-hydrogen) atoms. The number of carboxylic acids is 1. The van der Waals surface area contributed by atoms with Gasteiger partial charge in [-0.2, -0.15) is 0 Å². The number of carbonyl (C=O) groups is 1. The summed E-state index contributed by atoms with van der Waals surface area (Å²) in [6.45, 7) is 4.14. The summed E-state index contributed by atoms with van der Waals surface area (Å²) in [5.41, 5.74) is 1.68. The fourth-order valence-corrected chi connectivity index (χ4v) is 1.98. The molecule has 0 unspecified atom stereocenters. The third-order valence-corrected chi connectivity index (χ3v) is 3.36. The van der Waals surface area contributed by atoms with Crippen LogP contribution >= 0.6 is 11.6 Å². The van der Waals surface area contributed by atoms with E-state index in [1.807, 2.05) is 32.0 Å². The van der Waals surface area contributed by atoms with E-state index in [1.165, 1.54) is 6.07 Å². The first kappa shape index (κ1) is 15.3. The summed E-state index contributed by atoms with van der Waals surface area (Å²) in [6, 6.07) is 10.3. The van der Waals surface area contributed by atoms with Crippen molar-refractivity contribution in [1.29, 1.82) is 0 Å². The molecule has 1 heterocycles. The predicted molar refractivity (Wildman–Crippen MR) is 81.1 cm³/mol. The van der Waals surface area contributed by atoms with Crippen LogP contribution in [-0.4, -0.2) is 16.1 Å². The molecule has 110 valence electrons. The third-order valence-electron chi connectivity index (χ3n) is 2.99. The van der Waals surface area contributed by atoms with Gasteiger partial charge in [0.1, 0.15) is 6.61 Å². The lowest BCUT2D eigenvalue weighted by atomic mass is 10.1. The van der Waals surface area contributed by atoms with Crippen molar-refractivity contribution in [1.82, 2.24) is 4.98 Å². The normalized spacial score (nSPS) is 10.7. The van der Waals surface area contributed by atoms with Gasteiger partial charge in [0.15, 0.2) is 0 Å². The second-order valence-electron chi connectivity index (χ2n) is 4.96. The number of aromatic nitrogens is 1. The van der Waals surface area contributed by atoms with Crippen LogP contribution in [0.2, 0.25) is 5.02 Å². The molecule has 0 aliphatic carbocycles. The van der Waals surface area contributed by atoms with Crippen LogP contribution in [0, 0.1) is 0 Å². The maximum Gasteiger partial charge on any atom is 0.335 e. The van der Waals surface area contributed by atoms with Crippen LogP contribution in [0.15, 0.2) is 36.4 Å². The fraction of sp³-hybridized carbons (Fsp3) is 0.250. The van der Waals surface area contributed by atoms with Gasteiger partial charge in [-0.1, -0.05) is 43.6 Å². The molecule has 0 saturated carbocycles. The van der Waals surface area contributed by atoms with Crippen molar-refractivity contribution in [2.45, 2.75) is 26.4 Å². The van der Waals surface area contributed by atoms with Gasteiger partial charge in [0, 0.05) is 22.3 Å². The number of nitrogens with zero attached hydrogens (tertiary/aromatic N) is 1. The van der Waals surface area contributed by atoms with Crippen LogP contribution in [0.3, 0.4) is 0 Å². The summed E-state index contributed by atoms with van der Waals surface area (Å²) < 4.78 is 5.60. The zero-order chi connectivity index (χ0) is 15.4. The van der Waals surface area contributed by atoms with Crippen molar-refractivity contribution in [3.05, 3.63) is 58.2 Å². The van der Waals surface area contributed by atoms with Crippen LogP contribution in [0.4, 0.5) is 0 Å². The van der Waals surface area contributed by atoms with Crippen molar-refractivity contribution in [3.8, 4) is 5.88 Å². The summed E-state index contributed by atoms with van der Waals surface area (Å²) >= 11 is 6.06. The van der Waals surface area contributed by atoms with Crippen molar-refractivity contribution in [2.75, 3.05) is 0 Å². The number of halogens is 1. The minimum absolute atomic E-state index is 0.118. The van der Waals surface area contributed by atoms with Crippen LogP contribution in [-0.2, 0) is 6.61 Å². The van der Waals surface area contributed by atoms with E-state index in [2.05, 4.69) is 4.98 Å². The number of pyridine rings is 1. The first-order valence-electron chi connectivity index (χ1n) is 6.59. The van der Waals surface area contributed by atoms with Crippen molar-refractivity contribution >= 4 is 17.6 Å². The Morgan fingerprint density at radius 3 is 2.67 bits per heavy atom. The quantitative estimate of drug-likeness (QED) is 0.902. The summed E-state index contributed by atoms with van der Waals surface area (Å²) in [5.74, 6) is -0.590. The van der Waals surface area contributed by atoms with E-state index in [4.69, 9.17) is 21.4 Å². The molecule has 0 atom stereocenters. The van der Waals surface area contributed by atoms with Crippen molar-refractivity contribution in [2.24, 2.45) is 0 Å². The predicted octanol–water partition coefficient (Wildman–Crippen LogP) is 4.14. The number of rotatable bonds is 5. The number of benzene rings is 1. The Bertz CT molecular complexity index is 656. The maximum absolute atomic E-state index is 11.2. The number of hydrogen-bond acceptors (Lipinski definition) is 3. The summed E-state index contributed by atoms with van der Waals surface area (Å²) in [6.07, 6.45) is 0. The number of aromatic carboxylic acids is 1. The molecular formula is C16H16ClNO3. The molecular weight excluding hydrogens is 290 g/mol. The maximum atomic E-state index is 11.2. The molecule has 0 radical (unpaired) electrons. The Morgan fingerprint density at radius 1 is 1.33 bits per heavy atom. The lowest BCUT2D eigenvalue weighted by Crippen LogP contribution is -2.05. The highest BCUT2D eigenvalue weighted by atomic mass is 35.5. The zero-order valence-electron chi connectivity index (χ0n) is 11.8. The Balaban J connectivity index is 2.23. The number of hydrogen-bond donors (Lipinski definition) is 1. The minimum Gasteiger partial charge on any atom is -0.478 e. The molecule has 0 bridgehead atoms. The Kier molecular flexibility index (Phi) is 4.81. The highest BCUT2D eigenvalue weighted by molar-refractivity contribution is 6.31. The second-order valence-corrected chi connectivity index (χ2v) is 5.37. The summed E-state index contributed by atoms with van der Waals surface area (Å²) in [5, 5.41) is 9.75. The van der Waals surface area contributed by atoms with E-state index >= 15 is 0 Å². The molecule has 0 fully saturated rings. The molecule has 4 nitrogen and oxygen atoms in total. The minimum atomic E-state index is -0.998. The zero-order valence-corrected chi connectivity index (χ0v) is 12.6. The lowest BCUT2D eigenvalue weighted by Gasteiger charge is -2.11. The third kappa shape index (κ3) is 3.95. The van der Waals surface area contributed by atoms with Crippen LogP contribution in [0.25, 0.3) is 0 Å². The Hall–Kier alpha value is -2.07. The molecule has 0 aliphatic heterocycles. The van der Waals surface area contributed by atoms with Crippen molar-refractivity contribution < 1.29 is 14.6 Å². The molecule has 0 amide bonds.